The van der Waals surface area contributed by atoms with Gasteiger partial charge in [0, 0.05) is 10.7 Å². The Hall–Kier alpha value is -0.550. The summed E-state index contributed by atoms with van der Waals surface area (Å²) in [4.78, 5) is 0.177. The molecule has 15 heavy (non-hydrogen) atoms. The van der Waals surface area contributed by atoms with Gasteiger partial charge < -0.3 is 0 Å². The third-order valence-corrected chi connectivity index (χ3v) is 4.46. The molecule has 84 valence electrons. The lowest BCUT2D eigenvalue weighted by Crippen LogP contribution is -2.19. The van der Waals surface area contributed by atoms with Crippen LogP contribution in [0.1, 0.15) is 36.7 Å². The number of rotatable bonds is 2. The third-order valence-electron chi connectivity index (χ3n) is 2.92. The van der Waals surface area contributed by atoms with Gasteiger partial charge in [0.25, 0.3) is 9.05 Å². The Bertz CT molecular complexity index is 488. The van der Waals surface area contributed by atoms with Gasteiger partial charge in [0.1, 0.15) is 4.90 Å². The second kappa shape index (κ2) is 3.49. The average molecular weight is 249 g/mol. The number of aryl methyl sites for hydroxylation is 1. The fourth-order valence-electron chi connectivity index (χ4n) is 1.99. The maximum absolute atomic E-state index is 11.3. The second-order valence-electron chi connectivity index (χ2n) is 3.97. The van der Waals surface area contributed by atoms with Gasteiger partial charge in [-0.25, -0.2) is 8.42 Å². The fourth-order valence-corrected chi connectivity index (χ4v) is 3.50. The van der Waals surface area contributed by atoms with Crippen molar-refractivity contribution < 1.29 is 8.42 Å². The minimum Gasteiger partial charge on any atom is -0.265 e. The average Bonchev–Trinajstić information content (AvgIpc) is 2.22. The van der Waals surface area contributed by atoms with Gasteiger partial charge in [-0.05, 0) is 33.1 Å². The Kier molecular flexibility index (Phi) is 2.55. The van der Waals surface area contributed by atoms with E-state index in [9.17, 15) is 8.42 Å². The van der Waals surface area contributed by atoms with Crippen molar-refractivity contribution in [3.63, 3.8) is 0 Å². The molecular formula is C9H13ClN2O2S. The summed E-state index contributed by atoms with van der Waals surface area (Å²) < 4.78 is 24.5. The minimum atomic E-state index is -3.67. The highest BCUT2D eigenvalue weighted by molar-refractivity contribution is 8.13. The maximum Gasteiger partial charge on any atom is 0.264 e. The SMILES string of the molecule is Cc1nn(C2CCC2)c(C)c1S(=O)(=O)Cl. The quantitative estimate of drug-likeness (QED) is 0.754. The Labute approximate surface area is 93.7 Å². The van der Waals surface area contributed by atoms with Gasteiger partial charge in [-0.15, -0.1) is 0 Å². The molecule has 0 unspecified atom stereocenters. The molecule has 1 fully saturated rings. The molecule has 1 aromatic heterocycles. The Morgan fingerprint density at radius 2 is 2.00 bits per heavy atom. The minimum absolute atomic E-state index is 0.177. The summed E-state index contributed by atoms with van der Waals surface area (Å²) in [6.45, 7) is 3.44. The van der Waals surface area contributed by atoms with Crippen molar-refractivity contribution in [3.05, 3.63) is 11.4 Å². The Morgan fingerprint density at radius 3 is 2.33 bits per heavy atom. The van der Waals surface area contributed by atoms with Gasteiger partial charge in [0.15, 0.2) is 0 Å². The van der Waals surface area contributed by atoms with E-state index in [1.165, 1.54) is 6.42 Å². The Morgan fingerprint density at radius 1 is 1.40 bits per heavy atom. The van der Waals surface area contributed by atoms with Crippen LogP contribution in [0.15, 0.2) is 4.90 Å². The monoisotopic (exact) mass is 248 g/mol. The van der Waals surface area contributed by atoms with Crippen molar-refractivity contribution in [2.75, 3.05) is 0 Å². The van der Waals surface area contributed by atoms with Gasteiger partial charge in [-0.1, -0.05) is 0 Å². The molecule has 1 aliphatic carbocycles. The van der Waals surface area contributed by atoms with Crippen LogP contribution in [0.25, 0.3) is 0 Å². The van der Waals surface area contributed by atoms with Crippen LogP contribution in [0.5, 0.6) is 0 Å². The predicted octanol–water partition coefficient (Wildman–Crippen LogP) is 2.15. The molecule has 0 aliphatic heterocycles. The van der Waals surface area contributed by atoms with Crippen LogP contribution < -0.4 is 0 Å². The molecule has 1 heterocycles. The molecule has 0 N–H and O–H groups in total. The van der Waals surface area contributed by atoms with Crippen molar-refractivity contribution in [2.24, 2.45) is 0 Å². The highest BCUT2D eigenvalue weighted by Gasteiger charge is 2.28. The normalized spacial score (nSPS) is 17.8. The number of halogens is 1. The summed E-state index contributed by atoms with van der Waals surface area (Å²) in [7, 11) is 1.70. The highest BCUT2D eigenvalue weighted by Crippen LogP contribution is 2.34. The summed E-state index contributed by atoms with van der Waals surface area (Å²) in [6, 6.07) is 0.357. The Balaban J connectivity index is 2.53. The molecule has 0 bridgehead atoms. The molecular weight excluding hydrogens is 236 g/mol. The van der Waals surface area contributed by atoms with Crippen LogP contribution in [0, 0.1) is 13.8 Å². The van der Waals surface area contributed by atoms with Gasteiger partial charge in [0.2, 0.25) is 0 Å². The molecule has 0 saturated heterocycles. The summed E-state index contributed by atoms with van der Waals surface area (Å²) >= 11 is 0. The van der Waals surface area contributed by atoms with Gasteiger partial charge >= 0.3 is 0 Å². The third kappa shape index (κ3) is 1.78. The van der Waals surface area contributed by atoms with E-state index in [1.807, 2.05) is 0 Å². The second-order valence-corrected chi connectivity index (χ2v) is 6.47. The van der Waals surface area contributed by atoms with Crippen LogP contribution in [0.3, 0.4) is 0 Å². The zero-order chi connectivity index (χ0) is 11.2. The smallest absolute Gasteiger partial charge is 0.264 e. The number of aromatic nitrogens is 2. The van der Waals surface area contributed by atoms with Crippen molar-refractivity contribution in [1.82, 2.24) is 9.78 Å². The number of hydrogen-bond acceptors (Lipinski definition) is 3. The molecule has 0 aromatic carbocycles. The molecule has 6 heteroatoms. The molecule has 0 atom stereocenters. The van der Waals surface area contributed by atoms with Crippen LogP contribution in [0.4, 0.5) is 0 Å². The van der Waals surface area contributed by atoms with E-state index < -0.39 is 9.05 Å². The lowest BCUT2D eigenvalue weighted by Gasteiger charge is -2.26. The molecule has 1 aliphatic rings. The van der Waals surface area contributed by atoms with E-state index in [4.69, 9.17) is 10.7 Å². The molecule has 0 radical (unpaired) electrons. The lowest BCUT2D eigenvalue weighted by molar-refractivity contribution is 0.283. The highest BCUT2D eigenvalue weighted by atomic mass is 35.7. The standard InChI is InChI=1S/C9H13ClN2O2S/c1-6-9(15(10,13)14)7(2)12(11-6)8-4-3-5-8/h8H,3-5H2,1-2H3. The van der Waals surface area contributed by atoms with Gasteiger partial charge in [0.05, 0.1) is 17.4 Å². The zero-order valence-corrected chi connectivity index (χ0v) is 10.3. The molecule has 1 saturated carbocycles. The van der Waals surface area contributed by atoms with Crippen LogP contribution in [0.2, 0.25) is 0 Å². The summed E-state index contributed by atoms with van der Waals surface area (Å²) in [5.74, 6) is 0. The first kappa shape index (κ1) is 11.0. The van der Waals surface area contributed by atoms with Gasteiger partial charge in [-0.2, -0.15) is 5.10 Å². The van der Waals surface area contributed by atoms with Crippen molar-refractivity contribution >= 4 is 19.7 Å². The van der Waals surface area contributed by atoms with E-state index in [0.717, 1.165) is 12.8 Å². The zero-order valence-electron chi connectivity index (χ0n) is 8.70. The van der Waals surface area contributed by atoms with E-state index in [2.05, 4.69) is 5.10 Å². The first-order chi connectivity index (χ1) is 6.91. The molecule has 2 rings (SSSR count). The van der Waals surface area contributed by atoms with E-state index in [1.54, 1.807) is 18.5 Å². The fraction of sp³-hybridized carbons (Fsp3) is 0.667. The van der Waals surface area contributed by atoms with Crippen LogP contribution in [-0.4, -0.2) is 18.2 Å². The summed E-state index contributed by atoms with van der Waals surface area (Å²) in [6.07, 6.45) is 3.33. The molecule has 0 amide bonds. The number of hydrogen-bond donors (Lipinski definition) is 0. The number of nitrogens with zero attached hydrogens (tertiary/aromatic N) is 2. The van der Waals surface area contributed by atoms with Crippen LogP contribution >= 0.6 is 10.7 Å². The largest absolute Gasteiger partial charge is 0.265 e. The molecule has 4 nitrogen and oxygen atoms in total. The van der Waals surface area contributed by atoms with E-state index >= 15 is 0 Å². The van der Waals surface area contributed by atoms with Crippen molar-refractivity contribution in [1.29, 1.82) is 0 Å². The first-order valence-electron chi connectivity index (χ1n) is 4.91. The predicted molar refractivity (Wildman–Crippen MR) is 57.6 cm³/mol. The lowest BCUT2D eigenvalue weighted by atomic mass is 9.93. The van der Waals surface area contributed by atoms with E-state index in [-0.39, 0.29) is 4.90 Å². The first-order valence-corrected chi connectivity index (χ1v) is 7.22. The maximum atomic E-state index is 11.3. The molecule has 0 spiro atoms. The van der Waals surface area contributed by atoms with Crippen molar-refractivity contribution in [2.45, 2.75) is 44.0 Å². The summed E-state index contributed by atoms with van der Waals surface area (Å²) in [5.41, 5.74) is 1.15. The topological polar surface area (TPSA) is 52.0 Å². The van der Waals surface area contributed by atoms with Gasteiger partial charge in [-0.3, -0.25) is 4.68 Å². The summed E-state index contributed by atoms with van der Waals surface area (Å²) in [5, 5.41) is 4.25. The van der Waals surface area contributed by atoms with E-state index in [0.29, 0.717) is 17.4 Å². The van der Waals surface area contributed by atoms with Crippen LogP contribution in [-0.2, 0) is 9.05 Å². The van der Waals surface area contributed by atoms with Crippen molar-refractivity contribution in [3.8, 4) is 0 Å². The molecule has 1 aromatic rings.